The van der Waals surface area contributed by atoms with E-state index in [2.05, 4.69) is 10.6 Å². The van der Waals surface area contributed by atoms with Gasteiger partial charge in [0.15, 0.2) is 6.10 Å². The number of carbonyl (C=O) groups is 3. The molecule has 0 aliphatic rings. The molecule has 6 heteroatoms. The largest absolute Gasteiger partial charge is 0.451 e. The molecular weight excluding hydrogens is 356 g/mol. The van der Waals surface area contributed by atoms with E-state index < -0.39 is 29.9 Å². The van der Waals surface area contributed by atoms with Gasteiger partial charge in [-0.2, -0.15) is 0 Å². The molecular formula is C22H24N2O4. The van der Waals surface area contributed by atoms with Crippen LogP contribution < -0.4 is 10.6 Å². The zero-order valence-electron chi connectivity index (χ0n) is 16.1. The minimum absolute atomic E-state index is 0.426. The predicted molar refractivity (Wildman–Crippen MR) is 108 cm³/mol. The van der Waals surface area contributed by atoms with Crippen LogP contribution in [0.2, 0.25) is 0 Å². The molecule has 0 spiro atoms. The van der Waals surface area contributed by atoms with Crippen LogP contribution in [-0.4, -0.2) is 29.9 Å². The van der Waals surface area contributed by atoms with E-state index in [1.807, 2.05) is 49.4 Å². The maximum atomic E-state index is 12.2. The molecule has 0 bridgehead atoms. The Morgan fingerprint density at radius 3 is 2.25 bits per heavy atom. The van der Waals surface area contributed by atoms with E-state index in [-0.39, 0.29) is 0 Å². The molecule has 2 atom stereocenters. The Kier molecular flexibility index (Phi) is 7.51. The van der Waals surface area contributed by atoms with Gasteiger partial charge in [0, 0.05) is 11.8 Å². The van der Waals surface area contributed by atoms with Gasteiger partial charge < -0.3 is 15.4 Å². The Morgan fingerprint density at radius 2 is 1.61 bits per heavy atom. The lowest BCUT2D eigenvalue weighted by molar-refractivity contribution is -0.155. The number of nitrogens with one attached hydrogen (secondary N) is 2. The first-order valence-corrected chi connectivity index (χ1v) is 8.97. The van der Waals surface area contributed by atoms with Gasteiger partial charge in [-0.3, -0.25) is 9.59 Å². The fourth-order valence-corrected chi connectivity index (χ4v) is 2.27. The molecule has 6 nitrogen and oxygen atoms in total. The summed E-state index contributed by atoms with van der Waals surface area (Å²) in [5, 5.41) is 5.20. The summed E-state index contributed by atoms with van der Waals surface area (Å²) >= 11 is 0. The van der Waals surface area contributed by atoms with Crippen molar-refractivity contribution >= 4 is 29.5 Å². The Labute approximate surface area is 164 Å². The molecule has 0 saturated heterocycles. The number of ether oxygens (including phenoxy) is 1. The van der Waals surface area contributed by atoms with Gasteiger partial charge in [0.1, 0.15) is 6.04 Å². The smallest absolute Gasteiger partial charge is 0.329 e. The van der Waals surface area contributed by atoms with Crippen molar-refractivity contribution in [3.05, 3.63) is 71.8 Å². The standard InChI is InChI=1S/C22H24N2O4/c1-15-9-12-19(13-10-15)24-21(26)17(3)28-22(27)16(2)23-20(25)14-11-18-7-5-4-6-8-18/h4-14,16-17H,1-3H3,(H,23,25)(H,24,26)/b14-11+/t16-,17-/m0/s1. The second-order valence-corrected chi connectivity index (χ2v) is 6.41. The fourth-order valence-electron chi connectivity index (χ4n) is 2.27. The molecule has 0 aliphatic heterocycles. The molecule has 146 valence electrons. The number of esters is 1. The van der Waals surface area contributed by atoms with E-state index >= 15 is 0 Å². The predicted octanol–water partition coefficient (Wildman–Crippen LogP) is 3.08. The molecule has 0 saturated carbocycles. The summed E-state index contributed by atoms with van der Waals surface area (Å²) in [7, 11) is 0. The Hall–Kier alpha value is -3.41. The van der Waals surface area contributed by atoms with Crippen molar-refractivity contribution in [2.45, 2.75) is 32.9 Å². The van der Waals surface area contributed by atoms with Gasteiger partial charge in [-0.25, -0.2) is 4.79 Å². The van der Waals surface area contributed by atoms with Crippen molar-refractivity contribution in [2.75, 3.05) is 5.32 Å². The molecule has 2 aromatic carbocycles. The number of aryl methyl sites for hydroxylation is 1. The van der Waals surface area contributed by atoms with E-state index in [1.54, 1.807) is 18.2 Å². The number of hydrogen-bond donors (Lipinski definition) is 2. The van der Waals surface area contributed by atoms with Crippen LogP contribution in [0.15, 0.2) is 60.7 Å². The Bertz CT molecular complexity index is 845. The van der Waals surface area contributed by atoms with Crippen molar-refractivity contribution in [2.24, 2.45) is 0 Å². The van der Waals surface area contributed by atoms with Gasteiger partial charge in [-0.15, -0.1) is 0 Å². The number of carbonyl (C=O) groups excluding carboxylic acids is 3. The lowest BCUT2D eigenvalue weighted by Gasteiger charge is -2.17. The van der Waals surface area contributed by atoms with Crippen LogP contribution >= 0.6 is 0 Å². The summed E-state index contributed by atoms with van der Waals surface area (Å²) in [4.78, 5) is 36.2. The maximum Gasteiger partial charge on any atom is 0.329 e. The van der Waals surface area contributed by atoms with Gasteiger partial charge >= 0.3 is 5.97 Å². The van der Waals surface area contributed by atoms with Crippen LogP contribution in [0.1, 0.15) is 25.0 Å². The first-order chi connectivity index (χ1) is 13.3. The van der Waals surface area contributed by atoms with Gasteiger partial charge in [-0.05, 0) is 44.5 Å². The zero-order chi connectivity index (χ0) is 20.5. The summed E-state index contributed by atoms with van der Waals surface area (Å²) < 4.78 is 5.14. The highest BCUT2D eigenvalue weighted by atomic mass is 16.5. The molecule has 2 amide bonds. The van der Waals surface area contributed by atoms with E-state index in [0.29, 0.717) is 5.69 Å². The third-order valence-electron chi connectivity index (χ3n) is 3.92. The highest BCUT2D eigenvalue weighted by Gasteiger charge is 2.22. The second kappa shape index (κ2) is 10.1. The Balaban J connectivity index is 1.81. The third kappa shape index (κ3) is 6.72. The molecule has 28 heavy (non-hydrogen) atoms. The van der Waals surface area contributed by atoms with Crippen LogP contribution in [0.4, 0.5) is 5.69 Å². The van der Waals surface area contributed by atoms with E-state index in [4.69, 9.17) is 4.74 Å². The van der Waals surface area contributed by atoms with Crippen LogP contribution in [0, 0.1) is 6.92 Å². The number of rotatable bonds is 7. The molecule has 2 N–H and O–H groups in total. The number of benzene rings is 2. The van der Waals surface area contributed by atoms with Crippen LogP contribution in [0.3, 0.4) is 0 Å². The SMILES string of the molecule is Cc1ccc(NC(=O)[C@H](C)OC(=O)[C@H](C)NC(=O)/C=C/c2ccccc2)cc1. The monoisotopic (exact) mass is 380 g/mol. The molecule has 0 heterocycles. The normalized spacial score (nSPS) is 12.8. The number of anilines is 1. The molecule has 0 aliphatic carbocycles. The summed E-state index contributed by atoms with van der Waals surface area (Å²) in [6.07, 6.45) is 1.99. The van der Waals surface area contributed by atoms with Crippen molar-refractivity contribution in [3.8, 4) is 0 Å². The number of amides is 2. The van der Waals surface area contributed by atoms with Crippen LogP contribution in [0.5, 0.6) is 0 Å². The first kappa shape index (κ1) is 20.9. The van der Waals surface area contributed by atoms with Crippen LogP contribution in [-0.2, 0) is 19.1 Å². The van der Waals surface area contributed by atoms with E-state index in [9.17, 15) is 14.4 Å². The summed E-state index contributed by atoms with van der Waals surface area (Å²) in [6.45, 7) is 4.92. The first-order valence-electron chi connectivity index (χ1n) is 8.97. The summed E-state index contributed by atoms with van der Waals surface area (Å²) in [5.74, 6) is -1.56. The van der Waals surface area contributed by atoms with Gasteiger partial charge in [0.05, 0.1) is 0 Å². The number of hydrogen-bond acceptors (Lipinski definition) is 4. The van der Waals surface area contributed by atoms with Gasteiger partial charge in [-0.1, -0.05) is 48.0 Å². The highest BCUT2D eigenvalue weighted by Crippen LogP contribution is 2.10. The minimum atomic E-state index is -0.993. The van der Waals surface area contributed by atoms with Crippen molar-refractivity contribution in [3.63, 3.8) is 0 Å². The van der Waals surface area contributed by atoms with E-state index in [0.717, 1.165) is 11.1 Å². The third-order valence-corrected chi connectivity index (χ3v) is 3.92. The molecule has 2 rings (SSSR count). The average Bonchev–Trinajstić information content (AvgIpc) is 2.68. The van der Waals surface area contributed by atoms with Crippen molar-refractivity contribution in [1.82, 2.24) is 5.32 Å². The lowest BCUT2D eigenvalue weighted by Crippen LogP contribution is -2.41. The maximum absolute atomic E-state index is 12.2. The summed E-state index contributed by atoms with van der Waals surface area (Å²) in [6, 6.07) is 15.7. The Morgan fingerprint density at radius 1 is 0.964 bits per heavy atom. The fraction of sp³-hybridized carbons (Fsp3) is 0.227. The average molecular weight is 380 g/mol. The minimum Gasteiger partial charge on any atom is -0.451 e. The topological polar surface area (TPSA) is 84.5 Å². The molecule has 2 aromatic rings. The highest BCUT2D eigenvalue weighted by molar-refractivity contribution is 5.97. The van der Waals surface area contributed by atoms with Gasteiger partial charge in [0.25, 0.3) is 5.91 Å². The van der Waals surface area contributed by atoms with Crippen LogP contribution in [0.25, 0.3) is 6.08 Å². The molecule has 0 radical (unpaired) electrons. The molecule has 0 aromatic heterocycles. The van der Waals surface area contributed by atoms with Crippen molar-refractivity contribution in [1.29, 1.82) is 0 Å². The van der Waals surface area contributed by atoms with Crippen molar-refractivity contribution < 1.29 is 19.1 Å². The quantitative estimate of drug-likeness (QED) is 0.571. The summed E-state index contributed by atoms with van der Waals surface area (Å²) in [5.41, 5.74) is 2.56. The second-order valence-electron chi connectivity index (χ2n) is 6.41. The lowest BCUT2D eigenvalue weighted by atomic mass is 10.2. The molecule has 0 fully saturated rings. The van der Waals surface area contributed by atoms with E-state index in [1.165, 1.54) is 19.9 Å². The molecule has 0 unspecified atom stereocenters. The van der Waals surface area contributed by atoms with Gasteiger partial charge in [0.2, 0.25) is 5.91 Å². The zero-order valence-corrected chi connectivity index (χ0v) is 16.1.